The Bertz CT molecular complexity index is 310. The van der Waals surface area contributed by atoms with E-state index < -0.39 is 5.97 Å². The highest BCUT2D eigenvalue weighted by atomic mass is 16.5. The maximum absolute atomic E-state index is 11.0. The second-order valence-corrected chi connectivity index (χ2v) is 2.30. The number of ether oxygens (including phenoxy) is 1. The quantitative estimate of drug-likeness (QED) is 0.506. The molecule has 0 atom stereocenters. The zero-order chi connectivity index (χ0) is 9.14. The van der Waals surface area contributed by atoms with Gasteiger partial charge in [-0.15, -0.1) is 0 Å². The van der Waals surface area contributed by atoms with Gasteiger partial charge in [-0.3, -0.25) is 0 Å². The van der Waals surface area contributed by atoms with Gasteiger partial charge >= 0.3 is 5.97 Å². The monoisotopic (exact) mass is 182 g/mol. The molecule has 0 aromatic heterocycles. The molecule has 0 saturated heterocycles. The minimum atomic E-state index is -0.472. The summed E-state index contributed by atoms with van der Waals surface area (Å²) < 4.78 is 4.50. The van der Waals surface area contributed by atoms with Crippen LogP contribution in [0.15, 0.2) is 18.2 Å². The number of carbonyl (C=O) groups is 1. The summed E-state index contributed by atoms with van der Waals surface area (Å²) in [5.41, 5.74) is 12.0. The minimum Gasteiger partial charge on any atom is -0.465 e. The summed E-state index contributed by atoms with van der Waals surface area (Å²) in [6.07, 6.45) is 0. The Morgan fingerprint density at radius 2 is 2.00 bits per heavy atom. The van der Waals surface area contributed by atoms with E-state index in [1.165, 1.54) is 7.11 Å². The molecule has 0 saturated carbocycles. The lowest BCUT2D eigenvalue weighted by atomic mass is 10.1. The van der Waals surface area contributed by atoms with Gasteiger partial charge in [-0.1, -0.05) is 13.5 Å². The van der Waals surface area contributed by atoms with E-state index >= 15 is 0 Å². The fraction of sp³-hybridized carbons (Fsp3) is 0.222. The molecule has 0 amide bonds. The largest absolute Gasteiger partial charge is 0.465 e. The number of nitrogen functional groups attached to an aromatic ring is 2. The van der Waals surface area contributed by atoms with Gasteiger partial charge in [0.1, 0.15) is 0 Å². The van der Waals surface area contributed by atoms with Crippen LogP contribution in [0.25, 0.3) is 0 Å². The van der Waals surface area contributed by atoms with Crippen molar-refractivity contribution in [2.75, 3.05) is 18.6 Å². The predicted octanol–water partition coefficient (Wildman–Crippen LogP) is 1.27. The van der Waals surface area contributed by atoms with Crippen LogP contribution in [0.5, 0.6) is 0 Å². The van der Waals surface area contributed by atoms with Gasteiger partial charge in [0, 0.05) is 0 Å². The van der Waals surface area contributed by atoms with Crippen molar-refractivity contribution in [2.45, 2.75) is 7.43 Å². The van der Waals surface area contributed by atoms with Gasteiger partial charge in [-0.2, -0.15) is 0 Å². The number of esters is 1. The molecule has 0 spiro atoms. The van der Waals surface area contributed by atoms with Gasteiger partial charge in [-0.25, -0.2) is 4.79 Å². The molecule has 72 valence electrons. The van der Waals surface area contributed by atoms with Gasteiger partial charge < -0.3 is 16.2 Å². The van der Waals surface area contributed by atoms with Crippen molar-refractivity contribution >= 4 is 17.3 Å². The zero-order valence-electron chi connectivity index (χ0n) is 6.70. The SMILES string of the molecule is C.COC(=O)c1cccc(N)c1N. The lowest BCUT2D eigenvalue weighted by Crippen LogP contribution is -2.07. The summed E-state index contributed by atoms with van der Waals surface area (Å²) in [4.78, 5) is 11.0. The van der Waals surface area contributed by atoms with Crippen LogP contribution < -0.4 is 11.5 Å². The van der Waals surface area contributed by atoms with Crippen molar-refractivity contribution < 1.29 is 9.53 Å². The number of methoxy groups -OCH3 is 1. The summed E-state index contributed by atoms with van der Waals surface area (Å²) in [5, 5.41) is 0. The van der Waals surface area contributed by atoms with Crippen molar-refractivity contribution in [2.24, 2.45) is 0 Å². The first-order valence-electron chi connectivity index (χ1n) is 3.39. The molecular weight excluding hydrogens is 168 g/mol. The smallest absolute Gasteiger partial charge is 0.340 e. The van der Waals surface area contributed by atoms with Crippen LogP contribution >= 0.6 is 0 Å². The third-order valence-electron chi connectivity index (χ3n) is 1.55. The van der Waals surface area contributed by atoms with E-state index in [1.54, 1.807) is 18.2 Å². The number of rotatable bonds is 1. The fourth-order valence-corrected chi connectivity index (χ4v) is 0.871. The van der Waals surface area contributed by atoms with Crippen molar-refractivity contribution in [3.05, 3.63) is 23.8 Å². The summed E-state index contributed by atoms with van der Waals surface area (Å²) in [6.45, 7) is 0. The predicted molar refractivity (Wildman–Crippen MR) is 53.3 cm³/mol. The highest BCUT2D eigenvalue weighted by Crippen LogP contribution is 2.19. The summed E-state index contributed by atoms with van der Waals surface area (Å²) in [7, 11) is 1.30. The molecule has 1 aromatic rings. The Balaban J connectivity index is 0.00000144. The normalized spacial score (nSPS) is 8.69. The Hall–Kier alpha value is -1.71. The van der Waals surface area contributed by atoms with Crippen LogP contribution in [0.4, 0.5) is 11.4 Å². The van der Waals surface area contributed by atoms with Crippen molar-refractivity contribution in [1.29, 1.82) is 0 Å². The van der Waals surface area contributed by atoms with Gasteiger partial charge in [0.05, 0.1) is 24.0 Å². The maximum Gasteiger partial charge on any atom is 0.340 e. The second kappa shape index (κ2) is 4.35. The molecule has 4 heteroatoms. The van der Waals surface area contributed by atoms with Crippen LogP contribution in [0.1, 0.15) is 17.8 Å². The maximum atomic E-state index is 11.0. The molecule has 0 fully saturated rings. The number of benzene rings is 1. The lowest BCUT2D eigenvalue weighted by molar-refractivity contribution is 0.0602. The van der Waals surface area contributed by atoms with Gasteiger partial charge in [0.15, 0.2) is 0 Å². The van der Waals surface area contributed by atoms with E-state index in [2.05, 4.69) is 4.74 Å². The molecular formula is C9H14N2O2. The van der Waals surface area contributed by atoms with Gasteiger partial charge in [-0.05, 0) is 12.1 Å². The molecule has 1 rings (SSSR count). The number of para-hydroxylation sites is 1. The Morgan fingerprint density at radius 1 is 1.38 bits per heavy atom. The third-order valence-corrected chi connectivity index (χ3v) is 1.55. The molecule has 0 unspecified atom stereocenters. The van der Waals surface area contributed by atoms with Crippen LogP contribution in [0.3, 0.4) is 0 Å². The molecule has 13 heavy (non-hydrogen) atoms. The number of carbonyl (C=O) groups excluding carboxylic acids is 1. The van der Waals surface area contributed by atoms with Crippen LogP contribution in [-0.4, -0.2) is 13.1 Å². The molecule has 0 bridgehead atoms. The highest BCUT2D eigenvalue weighted by Gasteiger charge is 2.10. The number of nitrogens with two attached hydrogens (primary N) is 2. The van der Waals surface area contributed by atoms with E-state index in [-0.39, 0.29) is 13.1 Å². The number of hydrogen-bond donors (Lipinski definition) is 2. The first-order valence-corrected chi connectivity index (χ1v) is 3.39. The molecule has 4 N–H and O–H groups in total. The fourth-order valence-electron chi connectivity index (χ4n) is 0.871. The molecule has 0 radical (unpaired) electrons. The first-order chi connectivity index (χ1) is 5.66. The molecule has 1 aromatic carbocycles. The summed E-state index contributed by atoms with van der Waals surface area (Å²) >= 11 is 0. The van der Waals surface area contributed by atoms with Crippen molar-refractivity contribution in [3.63, 3.8) is 0 Å². The van der Waals surface area contributed by atoms with E-state index in [0.717, 1.165) is 0 Å². The molecule has 0 heterocycles. The van der Waals surface area contributed by atoms with Gasteiger partial charge in [0.2, 0.25) is 0 Å². The Kier molecular flexibility index (Phi) is 3.78. The standard InChI is InChI=1S/C8H10N2O2.CH4/c1-12-8(11)5-3-2-4-6(9)7(5)10;/h2-4H,9-10H2,1H3;1H4. The average molecular weight is 182 g/mol. The second-order valence-electron chi connectivity index (χ2n) is 2.30. The average Bonchev–Trinajstić information content (AvgIpc) is 2.08. The summed E-state index contributed by atoms with van der Waals surface area (Å²) in [5.74, 6) is -0.472. The van der Waals surface area contributed by atoms with E-state index in [9.17, 15) is 4.79 Å². The van der Waals surface area contributed by atoms with E-state index in [1.807, 2.05) is 0 Å². The van der Waals surface area contributed by atoms with Gasteiger partial charge in [0.25, 0.3) is 0 Å². The van der Waals surface area contributed by atoms with Crippen molar-refractivity contribution in [1.82, 2.24) is 0 Å². The Labute approximate surface area is 77.5 Å². The molecule has 4 nitrogen and oxygen atoms in total. The molecule has 0 aliphatic carbocycles. The lowest BCUT2D eigenvalue weighted by Gasteiger charge is -2.04. The zero-order valence-corrected chi connectivity index (χ0v) is 6.70. The molecule has 0 aliphatic rings. The topological polar surface area (TPSA) is 78.3 Å². The van der Waals surface area contributed by atoms with Crippen molar-refractivity contribution in [3.8, 4) is 0 Å². The number of anilines is 2. The molecule has 0 aliphatic heterocycles. The van der Waals surface area contributed by atoms with Crippen LogP contribution in [0.2, 0.25) is 0 Å². The van der Waals surface area contributed by atoms with Crippen LogP contribution in [-0.2, 0) is 4.74 Å². The minimum absolute atomic E-state index is 0. The van der Waals surface area contributed by atoms with E-state index in [0.29, 0.717) is 11.3 Å². The highest BCUT2D eigenvalue weighted by molar-refractivity contribution is 5.97. The van der Waals surface area contributed by atoms with Crippen LogP contribution in [0, 0.1) is 0 Å². The number of hydrogen-bond acceptors (Lipinski definition) is 4. The van der Waals surface area contributed by atoms with E-state index in [4.69, 9.17) is 11.5 Å². The first kappa shape index (κ1) is 11.3. The Morgan fingerprint density at radius 3 is 2.54 bits per heavy atom. The summed E-state index contributed by atoms with van der Waals surface area (Å²) in [6, 6.07) is 4.84. The third kappa shape index (κ3) is 2.11.